The molecular weight excluding hydrogens is 214 g/mol. The summed E-state index contributed by atoms with van der Waals surface area (Å²) >= 11 is 4.87. The number of carbonyl (C=O) groups excluding carboxylic acids is 2. The van der Waals surface area contributed by atoms with E-state index in [1.54, 1.807) is 0 Å². The third-order valence-electron chi connectivity index (χ3n) is 1.61. The van der Waals surface area contributed by atoms with E-state index in [1.165, 1.54) is 6.92 Å². The molecule has 15 heavy (non-hydrogen) atoms. The Morgan fingerprint density at radius 2 is 2.07 bits per heavy atom. The number of ketones is 1. The second-order valence-corrected chi connectivity index (χ2v) is 3.62. The minimum absolute atomic E-state index is 0.0991. The van der Waals surface area contributed by atoms with Crippen LogP contribution in [0.5, 0.6) is 0 Å². The Morgan fingerprint density at radius 1 is 1.40 bits per heavy atom. The quantitative estimate of drug-likeness (QED) is 0.529. The molecule has 0 fully saturated rings. The Morgan fingerprint density at radius 3 is 2.60 bits per heavy atom. The van der Waals surface area contributed by atoms with Crippen LogP contribution in [0.1, 0.15) is 33.1 Å². The average molecular weight is 231 g/mol. The van der Waals surface area contributed by atoms with Crippen LogP contribution in [-0.4, -0.2) is 29.9 Å². The lowest BCUT2D eigenvalue weighted by molar-refractivity contribution is -0.119. The highest BCUT2D eigenvalue weighted by Gasteiger charge is 2.05. The molecule has 0 spiro atoms. The molecule has 1 N–H and O–H groups in total. The number of amides is 1. The van der Waals surface area contributed by atoms with Crippen molar-refractivity contribution in [3.8, 4) is 0 Å². The summed E-state index contributed by atoms with van der Waals surface area (Å²) in [6.45, 7) is 4.11. The van der Waals surface area contributed by atoms with Gasteiger partial charge in [-0.25, -0.2) is 0 Å². The molecule has 1 amide bonds. The maximum absolute atomic E-state index is 11.2. The third-order valence-corrected chi connectivity index (χ3v) is 1.87. The van der Waals surface area contributed by atoms with Gasteiger partial charge in [0.05, 0.1) is 13.0 Å². The predicted molar refractivity (Wildman–Crippen MR) is 61.8 cm³/mol. The van der Waals surface area contributed by atoms with Crippen LogP contribution in [0.4, 0.5) is 0 Å². The second kappa shape index (κ2) is 8.35. The van der Waals surface area contributed by atoms with Gasteiger partial charge >= 0.3 is 0 Å². The largest absolute Gasteiger partial charge is 0.485 e. The number of carbonyl (C=O) groups is 2. The van der Waals surface area contributed by atoms with Gasteiger partial charge in [-0.05, 0) is 18.6 Å². The first-order valence-electron chi connectivity index (χ1n) is 4.98. The summed E-state index contributed by atoms with van der Waals surface area (Å²) in [5, 5.41) is 2.88. The highest BCUT2D eigenvalue weighted by Crippen LogP contribution is 1.97. The van der Waals surface area contributed by atoms with Crippen molar-refractivity contribution in [3.63, 3.8) is 0 Å². The summed E-state index contributed by atoms with van der Waals surface area (Å²) in [6.07, 6.45) is 1.56. The van der Waals surface area contributed by atoms with Crippen molar-refractivity contribution < 1.29 is 14.3 Å². The Labute approximate surface area is 95.4 Å². The Hall–Kier alpha value is -0.970. The van der Waals surface area contributed by atoms with Gasteiger partial charge in [-0.3, -0.25) is 9.59 Å². The van der Waals surface area contributed by atoms with Crippen LogP contribution in [0.3, 0.4) is 0 Å². The van der Waals surface area contributed by atoms with E-state index in [9.17, 15) is 9.59 Å². The van der Waals surface area contributed by atoms with E-state index in [4.69, 9.17) is 17.0 Å². The van der Waals surface area contributed by atoms with Crippen LogP contribution in [0.25, 0.3) is 0 Å². The first-order chi connectivity index (χ1) is 7.06. The highest BCUT2D eigenvalue weighted by molar-refractivity contribution is 7.80. The number of thiocarbonyl (C=S) groups is 1. The lowest BCUT2D eigenvalue weighted by atomic mass is 10.2. The van der Waals surface area contributed by atoms with Crippen LogP contribution in [0.2, 0.25) is 0 Å². The number of Topliss-reactive ketones (excluding diaryl/α,β-unsaturated/α-hetero) is 1. The summed E-state index contributed by atoms with van der Waals surface area (Å²) < 4.78 is 5.11. The van der Waals surface area contributed by atoms with E-state index in [0.29, 0.717) is 24.6 Å². The minimum Gasteiger partial charge on any atom is -0.485 e. The van der Waals surface area contributed by atoms with Crippen molar-refractivity contribution in [3.05, 3.63) is 0 Å². The monoisotopic (exact) mass is 231 g/mol. The van der Waals surface area contributed by atoms with Crippen molar-refractivity contribution in [1.82, 2.24) is 5.32 Å². The molecule has 0 aromatic rings. The molecule has 0 saturated carbocycles. The number of ether oxygens (including phenoxy) is 1. The number of hydrogen-bond acceptors (Lipinski definition) is 4. The first kappa shape index (κ1) is 14.0. The van der Waals surface area contributed by atoms with Gasteiger partial charge in [-0.1, -0.05) is 6.92 Å². The molecule has 0 aromatic carbocycles. The Kier molecular flexibility index (Phi) is 7.81. The van der Waals surface area contributed by atoms with Crippen molar-refractivity contribution in [1.29, 1.82) is 0 Å². The fraction of sp³-hybridized carbons (Fsp3) is 0.700. The molecule has 0 radical (unpaired) electrons. The smallest absolute Gasteiger partial charge is 0.216 e. The topological polar surface area (TPSA) is 55.4 Å². The van der Waals surface area contributed by atoms with Gasteiger partial charge in [-0.2, -0.15) is 0 Å². The van der Waals surface area contributed by atoms with E-state index in [2.05, 4.69) is 5.32 Å². The van der Waals surface area contributed by atoms with Gasteiger partial charge in [0.25, 0.3) is 0 Å². The van der Waals surface area contributed by atoms with Gasteiger partial charge in [0, 0.05) is 13.3 Å². The number of rotatable bonds is 7. The molecule has 0 unspecified atom stereocenters. The SMILES string of the molecule is CCCC(=O)CC(=S)OCCNC(C)=O. The normalized spacial score (nSPS) is 9.47. The highest BCUT2D eigenvalue weighted by atomic mass is 32.1. The van der Waals surface area contributed by atoms with Crippen LogP contribution in [0, 0.1) is 0 Å². The number of hydrogen-bond donors (Lipinski definition) is 1. The second-order valence-electron chi connectivity index (χ2n) is 3.17. The summed E-state index contributed by atoms with van der Waals surface area (Å²) in [5.74, 6) is -0.00592. The fourth-order valence-electron chi connectivity index (χ4n) is 0.971. The summed E-state index contributed by atoms with van der Waals surface area (Å²) in [6, 6.07) is 0. The summed E-state index contributed by atoms with van der Waals surface area (Å²) in [4.78, 5) is 21.7. The van der Waals surface area contributed by atoms with Gasteiger partial charge in [0.2, 0.25) is 5.91 Å². The zero-order valence-electron chi connectivity index (χ0n) is 9.17. The lowest BCUT2D eigenvalue weighted by Crippen LogP contribution is -2.25. The Bertz CT molecular complexity index is 241. The van der Waals surface area contributed by atoms with E-state index in [-0.39, 0.29) is 18.1 Å². The first-order valence-corrected chi connectivity index (χ1v) is 5.38. The van der Waals surface area contributed by atoms with Crippen LogP contribution >= 0.6 is 12.2 Å². The molecule has 0 aromatic heterocycles. The molecule has 0 aliphatic heterocycles. The molecule has 0 bridgehead atoms. The molecule has 0 rings (SSSR count). The average Bonchev–Trinajstić information content (AvgIpc) is 2.12. The van der Waals surface area contributed by atoms with Crippen LogP contribution in [-0.2, 0) is 14.3 Å². The molecule has 0 atom stereocenters. The molecule has 86 valence electrons. The van der Waals surface area contributed by atoms with E-state index >= 15 is 0 Å². The third kappa shape index (κ3) is 9.34. The molecule has 0 heterocycles. The molecule has 0 saturated heterocycles. The van der Waals surface area contributed by atoms with E-state index in [0.717, 1.165) is 6.42 Å². The maximum Gasteiger partial charge on any atom is 0.216 e. The van der Waals surface area contributed by atoms with E-state index < -0.39 is 0 Å². The van der Waals surface area contributed by atoms with Crippen molar-refractivity contribution in [2.45, 2.75) is 33.1 Å². The maximum atomic E-state index is 11.2. The Balaban J connectivity index is 3.49. The predicted octanol–water partition coefficient (Wildman–Crippen LogP) is 1.23. The zero-order valence-corrected chi connectivity index (χ0v) is 9.99. The van der Waals surface area contributed by atoms with Gasteiger partial charge in [0.15, 0.2) is 5.05 Å². The molecule has 5 heteroatoms. The molecule has 4 nitrogen and oxygen atoms in total. The van der Waals surface area contributed by atoms with Crippen molar-refractivity contribution in [2.24, 2.45) is 0 Å². The molecular formula is C10H17NO3S. The lowest BCUT2D eigenvalue weighted by Gasteiger charge is -2.06. The number of nitrogens with one attached hydrogen (secondary N) is 1. The van der Waals surface area contributed by atoms with Crippen LogP contribution < -0.4 is 5.32 Å². The van der Waals surface area contributed by atoms with Crippen LogP contribution in [0.15, 0.2) is 0 Å². The fourth-order valence-corrected chi connectivity index (χ4v) is 1.22. The zero-order chi connectivity index (χ0) is 11.7. The molecule has 0 aliphatic carbocycles. The minimum atomic E-state index is -0.105. The van der Waals surface area contributed by atoms with Gasteiger partial charge in [-0.15, -0.1) is 0 Å². The molecule has 0 aliphatic rings. The summed E-state index contributed by atoms with van der Waals surface area (Å²) in [7, 11) is 0. The van der Waals surface area contributed by atoms with Gasteiger partial charge in [0.1, 0.15) is 12.4 Å². The summed E-state index contributed by atoms with van der Waals surface area (Å²) in [5.41, 5.74) is 0. The van der Waals surface area contributed by atoms with Gasteiger partial charge < -0.3 is 10.1 Å². The standard InChI is InChI=1S/C10H17NO3S/c1-3-4-9(13)7-10(15)14-6-5-11-8(2)12/h3-7H2,1-2H3,(H,11,12). The van der Waals surface area contributed by atoms with Crippen molar-refractivity contribution in [2.75, 3.05) is 13.2 Å². The van der Waals surface area contributed by atoms with E-state index in [1.807, 2.05) is 6.92 Å². The van der Waals surface area contributed by atoms with Crippen molar-refractivity contribution >= 4 is 29.0 Å².